The van der Waals surface area contributed by atoms with E-state index >= 15 is 0 Å². The molecule has 6 heteroatoms. The van der Waals surface area contributed by atoms with Gasteiger partial charge in [-0.05, 0) is 25.0 Å². The molecule has 1 atom stereocenters. The molecule has 1 amide bonds. The Hall–Kier alpha value is -1.79. The van der Waals surface area contributed by atoms with E-state index < -0.39 is 0 Å². The van der Waals surface area contributed by atoms with E-state index in [1.165, 1.54) is 23.5 Å². The highest BCUT2D eigenvalue weighted by atomic mass is 32.1. The van der Waals surface area contributed by atoms with Gasteiger partial charge in [0, 0.05) is 24.1 Å². The van der Waals surface area contributed by atoms with E-state index in [1.807, 2.05) is 11.4 Å². The van der Waals surface area contributed by atoms with Crippen molar-refractivity contribution in [2.45, 2.75) is 25.4 Å². The van der Waals surface area contributed by atoms with Crippen molar-refractivity contribution in [1.82, 2.24) is 10.3 Å². The molecule has 4 nitrogen and oxygen atoms in total. The number of carbonyl (C=O) groups excluding carboxylic acids is 1. The first-order valence-corrected chi connectivity index (χ1v) is 8.17. The van der Waals surface area contributed by atoms with Crippen molar-refractivity contribution >= 4 is 17.2 Å². The van der Waals surface area contributed by atoms with Crippen molar-refractivity contribution in [2.75, 3.05) is 13.2 Å². The molecule has 1 aliphatic heterocycles. The molecule has 0 bridgehead atoms. The SMILES string of the molecule is O=C(Cc1csc(-c2cccc(F)c2)n1)NC[C@H]1CCCO1. The summed E-state index contributed by atoms with van der Waals surface area (Å²) in [5.74, 6) is -0.352. The molecule has 1 aromatic heterocycles. The number of rotatable bonds is 5. The van der Waals surface area contributed by atoms with Gasteiger partial charge in [-0.15, -0.1) is 11.3 Å². The number of ether oxygens (including phenoxy) is 1. The van der Waals surface area contributed by atoms with Gasteiger partial charge in [-0.2, -0.15) is 0 Å². The van der Waals surface area contributed by atoms with Gasteiger partial charge >= 0.3 is 0 Å². The Bertz CT molecular complexity index is 653. The Morgan fingerprint density at radius 2 is 2.41 bits per heavy atom. The molecule has 0 radical (unpaired) electrons. The smallest absolute Gasteiger partial charge is 0.226 e. The zero-order valence-corrected chi connectivity index (χ0v) is 12.9. The fraction of sp³-hybridized carbons (Fsp3) is 0.375. The van der Waals surface area contributed by atoms with Crippen molar-refractivity contribution < 1.29 is 13.9 Å². The van der Waals surface area contributed by atoms with Gasteiger partial charge in [0.2, 0.25) is 5.91 Å². The Kier molecular flexibility index (Phi) is 4.80. The van der Waals surface area contributed by atoms with E-state index in [-0.39, 0.29) is 24.2 Å². The van der Waals surface area contributed by atoms with Gasteiger partial charge in [0.15, 0.2) is 0 Å². The number of halogens is 1. The largest absolute Gasteiger partial charge is 0.376 e. The van der Waals surface area contributed by atoms with Crippen LogP contribution in [0.1, 0.15) is 18.5 Å². The van der Waals surface area contributed by atoms with Crippen LogP contribution in [0.5, 0.6) is 0 Å². The highest BCUT2D eigenvalue weighted by Crippen LogP contribution is 2.24. The molecule has 0 spiro atoms. The van der Waals surface area contributed by atoms with Gasteiger partial charge in [0.25, 0.3) is 0 Å². The minimum atomic E-state index is -0.288. The van der Waals surface area contributed by atoms with Crippen LogP contribution in [0.25, 0.3) is 10.6 Å². The van der Waals surface area contributed by atoms with Gasteiger partial charge in [0.1, 0.15) is 10.8 Å². The van der Waals surface area contributed by atoms with Gasteiger partial charge in [-0.1, -0.05) is 12.1 Å². The molecule has 116 valence electrons. The predicted molar refractivity (Wildman–Crippen MR) is 83.2 cm³/mol. The van der Waals surface area contributed by atoms with E-state index in [9.17, 15) is 9.18 Å². The molecule has 0 aliphatic carbocycles. The zero-order chi connectivity index (χ0) is 15.4. The average molecular weight is 320 g/mol. The zero-order valence-electron chi connectivity index (χ0n) is 12.0. The molecule has 2 heterocycles. The topological polar surface area (TPSA) is 51.2 Å². The summed E-state index contributed by atoms with van der Waals surface area (Å²) in [5, 5.41) is 5.43. The third kappa shape index (κ3) is 3.90. The van der Waals surface area contributed by atoms with Gasteiger partial charge in [-0.3, -0.25) is 4.79 Å². The van der Waals surface area contributed by atoms with Crippen LogP contribution in [0.15, 0.2) is 29.6 Å². The maximum absolute atomic E-state index is 13.2. The fourth-order valence-corrected chi connectivity index (χ4v) is 3.22. The Labute approximate surface area is 132 Å². The van der Waals surface area contributed by atoms with Crippen LogP contribution in [0.4, 0.5) is 4.39 Å². The number of carbonyl (C=O) groups is 1. The summed E-state index contributed by atoms with van der Waals surface area (Å²) in [4.78, 5) is 16.3. The summed E-state index contributed by atoms with van der Waals surface area (Å²) in [5.41, 5.74) is 1.44. The van der Waals surface area contributed by atoms with E-state index in [0.717, 1.165) is 30.0 Å². The number of hydrogen-bond donors (Lipinski definition) is 1. The lowest BCUT2D eigenvalue weighted by Crippen LogP contribution is -2.32. The molecule has 3 rings (SSSR count). The quantitative estimate of drug-likeness (QED) is 0.921. The number of nitrogens with zero attached hydrogens (tertiary/aromatic N) is 1. The number of aromatic nitrogens is 1. The first-order chi connectivity index (χ1) is 10.7. The number of thiazole rings is 1. The van der Waals surface area contributed by atoms with Crippen LogP contribution in [0.3, 0.4) is 0 Å². The van der Waals surface area contributed by atoms with Crippen molar-refractivity contribution in [3.8, 4) is 10.6 Å². The minimum absolute atomic E-state index is 0.0633. The van der Waals surface area contributed by atoms with Gasteiger partial charge < -0.3 is 10.1 Å². The van der Waals surface area contributed by atoms with Crippen molar-refractivity contribution in [2.24, 2.45) is 0 Å². The summed E-state index contributed by atoms with van der Waals surface area (Å²) in [6.45, 7) is 1.34. The summed E-state index contributed by atoms with van der Waals surface area (Å²) >= 11 is 1.41. The molecule has 0 saturated carbocycles. The number of hydrogen-bond acceptors (Lipinski definition) is 4. The van der Waals surface area contributed by atoms with Crippen molar-refractivity contribution in [3.63, 3.8) is 0 Å². The number of nitrogens with one attached hydrogen (secondary N) is 1. The van der Waals surface area contributed by atoms with E-state index in [4.69, 9.17) is 4.74 Å². The molecular weight excluding hydrogens is 303 g/mol. The second-order valence-electron chi connectivity index (χ2n) is 5.27. The molecule has 1 saturated heterocycles. The van der Waals surface area contributed by atoms with Crippen LogP contribution < -0.4 is 5.32 Å². The van der Waals surface area contributed by atoms with Crippen molar-refractivity contribution in [3.05, 3.63) is 41.2 Å². The van der Waals surface area contributed by atoms with Crippen LogP contribution in [-0.2, 0) is 16.0 Å². The van der Waals surface area contributed by atoms with Crippen LogP contribution in [0.2, 0.25) is 0 Å². The first-order valence-electron chi connectivity index (χ1n) is 7.29. The molecule has 1 aliphatic rings. The van der Waals surface area contributed by atoms with Gasteiger partial charge in [-0.25, -0.2) is 9.37 Å². The lowest BCUT2D eigenvalue weighted by Gasteiger charge is -2.09. The lowest BCUT2D eigenvalue weighted by molar-refractivity contribution is -0.121. The summed E-state index contributed by atoms with van der Waals surface area (Å²) in [6, 6.07) is 6.31. The third-order valence-corrected chi connectivity index (χ3v) is 4.46. The molecule has 0 unspecified atom stereocenters. The van der Waals surface area contributed by atoms with Crippen LogP contribution in [-0.4, -0.2) is 30.1 Å². The molecule has 1 N–H and O–H groups in total. The summed E-state index contributed by atoms with van der Waals surface area (Å²) in [6.07, 6.45) is 2.44. The molecular formula is C16H17FN2O2S. The van der Waals surface area contributed by atoms with E-state index in [1.54, 1.807) is 6.07 Å². The molecule has 2 aromatic rings. The maximum atomic E-state index is 13.2. The van der Waals surface area contributed by atoms with Gasteiger partial charge in [0.05, 0.1) is 18.2 Å². The predicted octanol–water partition coefficient (Wildman–Crippen LogP) is 2.79. The maximum Gasteiger partial charge on any atom is 0.226 e. The Balaban J connectivity index is 1.55. The summed E-state index contributed by atoms with van der Waals surface area (Å²) < 4.78 is 18.7. The fourth-order valence-electron chi connectivity index (χ4n) is 2.40. The number of amides is 1. The second-order valence-corrected chi connectivity index (χ2v) is 6.13. The second kappa shape index (κ2) is 6.98. The molecule has 1 aromatic carbocycles. The first kappa shape index (κ1) is 15.1. The third-order valence-electron chi connectivity index (χ3n) is 3.52. The highest BCUT2D eigenvalue weighted by molar-refractivity contribution is 7.13. The highest BCUT2D eigenvalue weighted by Gasteiger charge is 2.16. The lowest BCUT2D eigenvalue weighted by atomic mass is 10.2. The van der Waals surface area contributed by atoms with Crippen molar-refractivity contribution in [1.29, 1.82) is 0 Å². The van der Waals surface area contributed by atoms with Crippen LogP contribution in [0, 0.1) is 5.82 Å². The van der Waals surface area contributed by atoms with Crippen LogP contribution >= 0.6 is 11.3 Å². The Morgan fingerprint density at radius 3 is 3.18 bits per heavy atom. The Morgan fingerprint density at radius 1 is 1.50 bits per heavy atom. The van der Waals surface area contributed by atoms with E-state index in [2.05, 4.69) is 10.3 Å². The van der Waals surface area contributed by atoms with E-state index in [0.29, 0.717) is 12.2 Å². The number of benzene rings is 1. The monoisotopic (exact) mass is 320 g/mol. The standard InChI is InChI=1S/C16H17FN2O2S/c17-12-4-1-3-11(7-12)16-19-13(10-22-16)8-15(20)18-9-14-5-2-6-21-14/h1,3-4,7,10,14H,2,5-6,8-9H2,(H,18,20)/t14-/m1/s1. The molecule has 22 heavy (non-hydrogen) atoms. The normalized spacial score (nSPS) is 17.6. The average Bonchev–Trinajstić information content (AvgIpc) is 3.16. The molecule has 1 fully saturated rings. The minimum Gasteiger partial charge on any atom is -0.376 e. The summed E-state index contributed by atoms with van der Waals surface area (Å²) in [7, 11) is 0.